The largest absolute Gasteiger partial charge is 0.346 e. The van der Waals surface area contributed by atoms with Crippen molar-refractivity contribution in [1.82, 2.24) is 9.97 Å². The zero-order chi connectivity index (χ0) is 10.5. The Bertz CT molecular complexity index is 457. The highest BCUT2D eigenvalue weighted by molar-refractivity contribution is 7.71. The predicted molar refractivity (Wildman–Crippen MR) is 62.6 cm³/mol. The molecule has 0 spiro atoms. The standard InChI is InChI=1S/C12H16N2S/c1-12(6-7-12)11-13-9-5-3-2-4-8(9)10(15)14-11/h2-7H2,1H3,(H,13,14,15). The van der Waals surface area contributed by atoms with Crippen molar-refractivity contribution in [2.45, 2.75) is 50.9 Å². The van der Waals surface area contributed by atoms with E-state index in [0.29, 0.717) is 5.41 Å². The molecule has 0 radical (unpaired) electrons. The minimum Gasteiger partial charge on any atom is -0.346 e. The van der Waals surface area contributed by atoms with Crippen LogP contribution in [0.3, 0.4) is 0 Å². The van der Waals surface area contributed by atoms with E-state index in [-0.39, 0.29) is 0 Å². The first-order chi connectivity index (χ1) is 7.19. The van der Waals surface area contributed by atoms with Gasteiger partial charge < -0.3 is 4.98 Å². The first-order valence-corrected chi connectivity index (χ1v) is 6.22. The van der Waals surface area contributed by atoms with Gasteiger partial charge in [-0.3, -0.25) is 0 Å². The predicted octanol–water partition coefficient (Wildman–Crippen LogP) is 3.07. The van der Waals surface area contributed by atoms with Crippen LogP contribution in [0.2, 0.25) is 0 Å². The third-order valence-corrected chi connectivity index (χ3v) is 4.12. The second kappa shape index (κ2) is 3.14. The lowest BCUT2D eigenvalue weighted by Crippen LogP contribution is -2.14. The van der Waals surface area contributed by atoms with E-state index < -0.39 is 0 Å². The molecule has 3 heteroatoms. The molecule has 1 aromatic heterocycles. The van der Waals surface area contributed by atoms with Gasteiger partial charge in [0.2, 0.25) is 0 Å². The summed E-state index contributed by atoms with van der Waals surface area (Å²) in [5.41, 5.74) is 2.98. The van der Waals surface area contributed by atoms with Gasteiger partial charge in [-0.1, -0.05) is 19.1 Å². The molecular formula is C12H16N2S. The van der Waals surface area contributed by atoms with Crippen LogP contribution in [-0.4, -0.2) is 9.97 Å². The maximum absolute atomic E-state index is 5.39. The topological polar surface area (TPSA) is 28.7 Å². The van der Waals surface area contributed by atoms with Crippen LogP contribution in [0, 0.1) is 4.64 Å². The Kier molecular flexibility index (Phi) is 2.00. The number of aromatic nitrogens is 2. The number of H-pyrrole nitrogens is 1. The Hall–Kier alpha value is -0.700. The van der Waals surface area contributed by atoms with Crippen molar-refractivity contribution >= 4 is 12.2 Å². The summed E-state index contributed by atoms with van der Waals surface area (Å²) in [6.07, 6.45) is 7.34. The van der Waals surface area contributed by atoms with E-state index in [1.165, 1.54) is 36.9 Å². The van der Waals surface area contributed by atoms with Gasteiger partial charge in [-0.15, -0.1) is 0 Å². The Morgan fingerprint density at radius 3 is 2.73 bits per heavy atom. The Morgan fingerprint density at radius 1 is 1.27 bits per heavy atom. The normalized spacial score (nSPS) is 22.2. The van der Waals surface area contributed by atoms with E-state index in [9.17, 15) is 0 Å². The van der Waals surface area contributed by atoms with E-state index >= 15 is 0 Å². The second-order valence-electron chi connectivity index (χ2n) is 5.12. The van der Waals surface area contributed by atoms with Crippen molar-refractivity contribution in [3.8, 4) is 0 Å². The van der Waals surface area contributed by atoms with Crippen LogP contribution < -0.4 is 0 Å². The SMILES string of the molecule is CC1(c2nc(=S)c3c([nH]2)CCCC3)CC1. The Morgan fingerprint density at radius 2 is 2.00 bits per heavy atom. The molecular weight excluding hydrogens is 204 g/mol. The van der Waals surface area contributed by atoms with E-state index in [2.05, 4.69) is 16.9 Å². The summed E-state index contributed by atoms with van der Waals surface area (Å²) in [6.45, 7) is 2.27. The molecule has 80 valence electrons. The van der Waals surface area contributed by atoms with Crippen LogP contribution in [-0.2, 0) is 18.3 Å². The molecule has 1 fully saturated rings. The van der Waals surface area contributed by atoms with Crippen LogP contribution >= 0.6 is 12.2 Å². The average Bonchev–Trinajstić information content (AvgIpc) is 2.98. The monoisotopic (exact) mass is 220 g/mol. The summed E-state index contributed by atoms with van der Waals surface area (Å²) in [6, 6.07) is 0. The number of rotatable bonds is 1. The molecule has 15 heavy (non-hydrogen) atoms. The average molecular weight is 220 g/mol. The van der Waals surface area contributed by atoms with Gasteiger partial charge in [0.15, 0.2) is 0 Å². The molecule has 3 rings (SSSR count). The summed E-state index contributed by atoms with van der Waals surface area (Å²) in [5.74, 6) is 1.13. The van der Waals surface area contributed by atoms with Crippen molar-refractivity contribution in [3.63, 3.8) is 0 Å². The van der Waals surface area contributed by atoms with Crippen molar-refractivity contribution < 1.29 is 0 Å². The summed E-state index contributed by atoms with van der Waals surface area (Å²) in [7, 11) is 0. The number of nitrogens with zero attached hydrogens (tertiary/aromatic N) is 1. The van der Waals surface area contributed by atoms with Crippen LogP contribution in [0.15, 0.2) is 0 Å². The van der Waals surface area contributed by atoms with Gasteiger partial charge in [0.1, 0.15) is 10.5 Å². The molecule has 0 saturated heterocycles. The van der Waals surface area contributed by atoms with Crippen molar-refractivity contribution in [2.24, 2.45) is 0 Å². The number of aryl methyl sites for hydroxylation is 1. The van der Waals surface area contributed by atoms with Gasteiger partial charge in [-0.05, 0) is 38.5 Å². The van der Waals surface area contributed by atoms with E-state index in [1.807, 2.05) is 0 Å². The molecule has 1 N–H and O–H groups in total. The zero-order valence-corrected chi connectivity index (χ0v) is 9.91. The molecule has 2 aliphatic carbocycles. The highest BCUT2D eigenvalue weighted by Crippen LogP contribution is 2.46. The third-order valence-electron chi connectivity index (χ3n) is 3.78. The third kappa shape index (κ3) is 1.53. The fraction of sp³-hybridized carbons (Fsp3) is 0.667. The lowest BCUT2D eigenvalue weighted by atomic mass is 9.97. The lowest BCUT2D eigenvalue weighted by Gasteiger charge is -2.18. The number of hydrogen-bond acceptors (Lipinski definition) is 2. The molecule has 0 aliphatic heterocycles. The molecule has 0 atom stereocenters. The van der Waals surface area contributed by atoms with E-state index in [0.717, 1.165) is 23.3 Å². The van der Waals surface area contributed by atoms with Gasteiger partial charge in [-0.25, -0.2) is 4.98 Å². The van der Waals surface area contributed by atoms with E-state index in [4.69, 9.17) is 12.2 Å². The molecule has 1 heterocycles. The maximum Gasteiger partial charge on any atom is 0.133 e. The van der Waals surface area contributed by atoms with Gasteiger partial charge >= 0.3 is 0 Å². The van der Waals surface area contributed by atoms with Crippen LogP contribution in [0.1, 0.15) is 49.7 Å². The Labute approximate surface area is 95.1 Å². The molecule has 2 nitrogen and oxygen atoms in total. The molecule has 1 saturated carbocycles. The number of hydrogen-bond donors (Lipinski definition) is 1. The highest BCUT2D eigenvalue weighted by atomic mass is 32.1. The fourth-order valence-corrected chi connectivity index (χ4v) is 2.65. The van der Waals surface area contributed by atoms with E-state index in [1.54, 1.807) is 0 Å². The van der Waals surface area contributed by atoms with Crippen molar-refractivity contribution in [2.75, 3.05) is 0 Å². The van der Waals surface area contributed by atoms with Crippen LogP contribution in [0.4, 0.5) is 0 Å². The fourth-order valence-electron chi connectivity index (χ4n) is 2.33. The molecule has 0 unspecified atom stereocenters. The van der Waals surface area contributed by atoms with Crippen molar-refractivity contribution in [1.29, 1.82) is 0 Å². The molecule has 1 aromatic rings. The smallest absolute Gasteiger partial charge is 0.133 e. The van der Waals surface area contributed by atoms with Crippen LogP contribution in [0.25, 0.3) is 0 Å². The second-order valence-corrected chi connectivity index (χ2v) is 5.50. The number of fused-ring (bicyclic) bond motifs is 1. The lowest BCUT2D eigenvalue weighted by molar-refractivity contribution is 0.627. The van der Waals surface area contributed by atoms with Gasteiger partial charge in [0.25, 0.3) is 0 Å². The van der Waals surface area contributed by atoms with Crippen LogP contribution in [0.5, 0.6) is 0 Å². The van der Waals surface area contributed by atoms with Gasteiger partial charge in [0, 0.05) is 16.7 Å². The van der Waals surface area contributed by atoms with Gasteiger partial charge in [0.05, 0.1) is 0 Å². The first-order valence-electron chi connectivity index (χ1n) is 5.82. The molecule has 0 aromatic carbocycles. The molecule has 0 amide bonds. The summed E-state index contributed by atoms with van der Waals surface area (Å²) < 4.78 is 0.853. The molecule has 0 bridgehead atoms. The Balaban J connectivity index is 2.13. The van der Waals surface area contributed by atoms with Gasteiger partial charge in [-0.2, -0.15) is 0 Å². The van der Waals surface area contributed by atoms with Crippen molar-refractivity contribution in [3.05, 3.63) is 21.7 Å². The quantitative estimate of drug-likeness (QED) is 0.737. The number of aromatic amines is 1. The zero-order valence-electron chi connectivity index (χ0n) is 9.10. The molecule has 2 aliphatic rings. The highest BCUT2D eigenvalue weighted by Gasteiger charge is 2.41. The first kappa shape index (κ1) is 9.52. The number of nitrogens with one attached hydrogen (secondary N) is 1. The summed E-state index contributed by atoms with van der Waals surface area (Å²) >= 11 is 5.39. The maximum atomic E-state index is 5.39. The minimum atomic E-state index is 0.306. The minimum absolute atomic E-state index is 0.306. The summed E-state index contributed by atoms with van der Waals surface area (Å²) in [5, 5.41) is 0. The summed E-state index contributed by atoms with van der Waals surface area (Å²) in [4.78, 5) is 8.11.